The molecule has 0 aliphatic rings. The van der Waals surface area contributed by atoms with Crippen LogP contribution in [0.2, 0.25) is 0 Å². The van der Waals surface area contributed by atoms with Crippen molar-refractivity contribution in [2.24, 2.45) is 0 Å². The first-order valence-electron chi connectivity index (χ1n) is 6.88. The van der Waals surface area contributed by atoms with Crippen molar-refractivity contribution in [1.29, 1.82) is 0 Å². The first-order valence-corrected chi connectivity index (χ1v) is 6.88. The van der Waals surface area contributed by atoms with E-state index in [1.54, 1.807) is 0 Å². The van der Waals surface area contributed by atoms with Crippen LogP contribution >= 0.6 is 0 Å². The number of benzene rings is 2. The lowest BCUT2D eigenvalue weighted by molar-refractivity contribution is 1.03. The SMILES string of the molecule is Bc1ccc2c(CCNc3ccc(N)cc3)c[nH]c2c1. The molecule has 0 saturated heterocycles. The Hall–Kier alpha value is -2.36. The van der Waals surface area contributed by atoms with Crippen LogP contribution < -0.4 is 16.5 Å². The Morgan fingerprint density at radius 2 is 1.90 bits per heavy atom. The Morgan fingerprint density at radius 1 is 1.10 bits per heavy atom. The zero-order valence-corrected chi connectivity index (χ0v) is 11.6. The molecule has 2 aromatic carbocycles. The number of rotatable bonds is 4. The Kier molecular flexibility index (Phi) is 3.38. The highest BCUT2D eigenvalue weighted by Gasteiger charge is 2.03. The standard InChI is InChI=1S/C16H18BN3/c17-12-1-6-15-11(10-20-16(15)9-12)7-8-19-14-4-2-13(18)3-5-14/h1-6,9-10,19-20H,7-8,17-18H2. The maximum Gasteiger partial charge on any atom is 0.139 e. The van der Waals surface area contributed by atoms with E-state index in [4.69, 9.17) is 5.73 Å². The summed E-state index contributed by atoms with van der Waals surface area (Å²) in [5, 5.41) is 4.73. The van der Waals surface area contributed by atoms with Gasteiger partial charge in [0.05, 0.1) is 0 Å². The molecule has 1 aromatic heterocycles. The molecular weight excluding hydrogens is 245 g/mol. The number of hydrogen-bond acceptors (Lipinski definition) is 2. The highest BCUT2D eigenvalue weighted by molar-refractivity contribution is 6.33. The van der Waals surface area contributed by atoms with Gasteiger partial charge in [-0.2, -0.15) is 0 Å². The monoisotopic (exact) mass is 263 g/mol. The summed E-state index contributed by atoms with van der Waals surface area (Å²) >= 11 is 0. The van der Waals surface area contributed by atoms with E-state index in [0.29, 0.717) is 0 Å². The number of fused-ring (bicyclic) bond motifs is 1. The lowest BCUT2D eigenvalue weighted by Crippen LogP contribution is -2.04. The summed E-state index contributed by atoms with van der Waals surface area (Å²) in [5.74, 6) is 0. The molecule has 0 bridgehead atoms. The molecule has 3 nitrogen and oxygen atoms in total. The number of aromatic nitrogens is 1. The van der Waals surface area contributed by atoms with Crippen LogP contribution in [0.25, 0.3) is 10.9 Å². The van der Waals surface area contributed by atoms with Crippen LogP contribution in [-0.4, -0.2) is 19.4 Å². The average molecular weight is 263 g/mol. The van der Waals surface area contributed by atoms with Crippen molar-refractivity contribution in [3.63, 3.8) is 0 Å². The second-order valence-electron chi connectivity index (χ2n) is 5.16. The van der Waals surface area contributed by atoms with Crippen molar-refractivity contribution >= 4 is 35.6 Å². The Balaban J connectivity index is 1.66. The maximum atomic E-state index is 5.67. The molecule has 0 spiro atoms. The fraction of sp³-hybridized carbons (Fsp3) is 0.125. The summed E-state index contributed by atoms with van der Waals surface area (Å²) in [6, 6.07) is 14.4. The van der Waals surface area contributed by atoms with Crippen LogP contribution in [0.3, 0.4) is 0 Å². The number of H-pyrrole nitrogens is 1. The summed E-state index contributed by atoms with van der Waals surface area (Å²) in [7, 11) is 2.11. The highest BCUT2D eigenvalue weighted by Crippen LogP contribution is 2.17. The number of aromatic amines is 1. The molecule has 4 heteroatoms. The van der Waals surface area contributed by atoms with Crippen molar-refractivity contribution < 1.29 is 0 Å². The molecule has 0 amide bonds. The summed E-state index contributed by atoms with van der Waals surface area (Å²) in [6.07, 6.45) is 3.10. The van der Waals surface area contributed by atoms with Gasteiger partial charge in [0, 0.05) is 35.0 Å². The van der Waals surface area contributed by atoms with Crippen LogP contribution in [0.5, 0.6) is 0 Å². The molecule has 0 atom stereocenters. The third-order valence-corrected chi connectivity index (χ3v) is 3.56. The Morgan fingerprint density at radius 3 is 2.70 bits per heavy atom. The van der Waals surface area contributed by atoms with Gasteiger partial charge in [0.25, 0.3) is 0 Å². The van der Waals surface area contributed by atoms with Gasteiger partial charge >= 0.3 is 0 Å². The second kappa shape index (κ2) is 5.33. The van der Waals surface area contributed by atoms with E-state index < -0.39 is 0 Å². The van der Waals surface area contributed by atoms with Gasteiger partial charge < -0.3 is 16.0 Å². The van der Waals surface area contributed by atoms with Crippen LogP contribution in [-0.2, 0) is 6.42 Å². The fourth-order valence-corrected chi connectivity index (χ4v) is 2.45. The Bertz CT molecular complexity index is 716. The van der Waals surface area contributed by atoms with E-state index in [-0.39, 0.29) is 0 Å². The van der Waals surface area contributed by atoms with Gasteiger partial charge in [0.1, 0.15) is 7.85 Å². The van der Waals surface area contributed by atoms with Crippen molar-refractivity contribution in [1.82, 2.24) is 4.98 Å². The van der Waals surface area contributed by atoms with Crippen LogP contribution in [0.15, 0.2) is 48.7 Å². The van der Waals surface area contributed by atoms with E-state index in [1.807, 2.05) is 24.3 Å². The molecule has 0 fully saturated rings. The molecule has 4 N–H and O–H groups in total. The summed E-state index contributed by atoms with van der Waals surface area (Å²) in [5.41, 5.74) is 11.4. The third-order valence-electron chi connectivity index (χ3n) is 3.56. The lowest BCUT2D eigenvalue weighted by atomic mass is 9.95. The predicted octanol–water partition coefficient (Wildman–Crippen LogP) is 1.66. The van der Waals surface area contributed by atoms with E-state index in [2.05, 4.69) is 42.5 Å². The number of nitrogens with one attached hydrogen (secondary N) is 2. The van der Waals surface area contributed by atoms with Crippen LogP contribution in [0.4, 0.5) is 11.4 Å². The molecule has 0 aliphatic carbocycles. The molecule has 3 aromatic rings. The molecule has 0 unspecified atom stereocenters. The van der Waals surface area contributed by atoms with Crippen LogP contribution in [0.1, 0.15) is 5.56 Å². The minimum Gasteiger partial charge on any atom is -0.399 e. The smallest absolute Gasteiger partial charge is 0.139 e. The van der Waals surface area contributed by atoms with Crippen molar-refractivity contribution in [2.45, 2.75) is 6.42 Å². The normalized spacial score (nSPS) is 10.8. The van der Waals surface area contributed by atoms with Gasteiger partial charge in [-0.1, -0.05) is 17.6 Å². The van der Waals surface area contributed by atoms with Gasteiger partial charge in [-0.3, -0.25) is 0 Å². The van der Waals surface area contributed by atoms with Crippen molar-refractivity contribution in [3.05, 3.63) is 54.2 Å². The first kappa shape index (κ1) is 12.7. The van der Waals surface area contributed by atoms with Crippen LogP contribution in [0, 0.1) is 0 Å². The van der Waals surface area contributed by atoms with Crippen molar-refractivity contribution in [3.8, 4) is 0 Å². The van der Waals surface area contributed by atoms with Gasteiger partial charge in [0.2, 0.25) is 0 Å². The molecule has 20 heavy (non-hydrogen) atoms. The molecular formula is C16H18BN3. The maximum absolute atomic E-state index is 5.67. The lowest BCUT2D eigenvalue weighted by Gasteiger charge is -2.06. The van der Waals surface area contributed by atoms with Crippen molar-refractivity contribution in [2.75, 3.05) is 17.6 Å². The predicted molar refractivity (Wildman–Crippen MR) is 89.5 cm³/mol. The van der Waals surface area contributed by atoms with Gasteiger partial charge in [-0.05, 0) is 42.3 Å². The fourth-order valence-electron chi connectivity index (χ4n) is 2.45. The average Bonchev–Trinajstić information content (AvgIpc) is 2.83. The highest BCUT2D eigenvalue weighted by atomic mass is 14.9. The third kappa shape index (κ3) is 2.64. The molecule has 1 heterocycles. The Labute approximate surface area is 119 Å². The molecule has 0 aliphatic heterocycles. The van der Waals surface area contributed by atoms with E-state index in [1.165, 1.54) is 21.9 Å². The van der Waals surface area contributed by atoms with Gasteiger partial charge in [-0.15, -0.1) is 0 Å². The second-order valence-corrected chi connectivity index (χ2v) is 5.16. The minimum atomic E-state index is 0.794. The summed E-state index contributed by atoms with van der Waals surface area (Å²) in [6.45, 7) is 0.907. The topological polar surface area (TPSA) is 53.8 Å². The van der Waals surface area contributed by atoms with E-state index >= 15 is 0 Å². The minimum absolute atomic E-state index is 0.794. The summed E-state index contributed by atoms with van der Waals surface area (Å²) < 4.78 is 0. The number of nitrogens with two attached hydrogens (primary N) is 1. The zero-order chi connectivity index (χ0) is 13.9. The summed E-state index contributed by atoms with van der Waals surface area (Å²) in [4.78, 5) is 3.34. The number of hydrogen-bond donors (Lipinski definition) is 3. The van der Waals surface area contributed by atoms with Gasteiger partial charge in [-0.25, -0.2) is 0 Å². The molecule has 0 radical (unpaired) electrons. The van der Waals surface area contributed by atoms with E-state index in [9.17, 15) is 0 Å². The first-order chi connectivity index (χ1) is 9.72. The van der Waals surface area contributed by atoms with Gasteiger partial charge in [0.15, 0.2) is 0 Å². The molecule has 0 saturated carbocycles. The number of nitrogen functional groups attached to an aromatic ring is 1. The quantitative estimate of drug-likeness (QED) is 0.495. The molecule has 100 valence electrons. The molecule has 3 rings (SSSR count). The number of anilines is 2. The van der Waals surface area contributed by atoms with E-state index in [0.717, 1.165) is 24.3 Å². The largest absolute Gasteiger partial charge is 0.399 e. The zero-order valence-electron chi connectivity index (χ0n) is 11.6.